The van der Waals surface area contributed by atoms with Crippen molar-refractivity contribution in [3.8, 4) is 0 Å². The molecule has 1 aromatic carbocycles. The summed E-state index contributed by atoms with van der Waals surface area (Å²) in [4.78, 5) is 18.7. The Morgan fingerprint density at radius 2 is 2.00 bits per heavy atom. The van der Waals surface area contributed by atoms with Crippen LogP contribution in [0.25, 0.3) is 5.52 Å². The highest BCUT2D eigenvalue weighted by Gasteiger charge is 2.24. The third-order valence-electron chi connectivity index (χ3n) is 4.38. The number of likely N-dealkylation sites (N-methyl/N-ethyl adjacent to an activating group) is 1. The van der Waals surface area contributed by atoms with E-state index in [1.807, 2.05) is 19.0 Å². The zero-order valence-electron chi connectivity index (χ0n) is 15.8. The molecule has 0 aliphatic carbocycles. The highest BCUT2D eigenvalue weighted by Crippen LogP contribution is 2.20. The fraction of sp³-hybridized carbons (Fsp3) is 0.263. The standard InChI is InChI=1S/C19H21FN4O3S/c1-23(2)16(13-7-6-8-14(20)11-13)12-21-18(25)17-15-9-4-5-10-24(15)19(22-17)28(3,26)27/h4-11,16H,12H2,1-3H3,(H,21,25). The number of pyridine rings is 1. The quantitative estimate of drug-likeness (QED) is 0.679. The maximum Gasteiger partial charge on any atom is 0.272 e. The summed E-state index contributed by atoms with van der Waals surface area (Å²) < 4.78 is 38.9. The Hall–Kier alpha value is -2.78. The van der Waals surface area contributed by atoms with Crippen LogP contribution < -0.4 is 5.32 Å². The fourth-order valence-electron chi connectivity index (χ4n) is 3.02. The molecule has 0 bridgehead atoms. The number of carbonyl (C=O) groups excluding carboxylic acids is 1. The van der Waals surface area contributed by atoms with E-state index < -0.39 is 15.7 Å². The number of sulfone groups is 1. The molecule has 0 aliphatic rings. The third-order valence-corrected chi connectivity index (χ3v) is 5.33. The van der Waals surface area contributed by atoms with Crippen LogP contribution in [0.2, 0.25) is 0 Å². The van der Waals surface area contributed by atoms with Gasteiger partial charge in [-0.05, 0) is 43.9 Å². The summed E-state index contributed by atoms with van der Waals surface area (Å²) in [5, 5.41) is 2.59. The molecular weight excluding hydrogens is 383 g/mol. The molecule has 7 nitrogen and oxygen atoms in total. The number of aromatic nitrogens is 2. The molecule has 2 aromatic heterocycles. The number of benzene rings is 1. The summed E-state index contributed by atoms with van der Waals surface area (Å²) in [6, 6.07) is 10.9. The molecule has 9 heteroatoms. The number of carbonyl (C=O) groups is 1. The molecule has 0 radical (unpaired) electrons. The van der Waals surface area contributed by atoms with Gasteiger partial charge in [0.25, 0.3) is 5.91 Å². The van der Waals surface area contributed by atoms with Crippen molar-refractivity contribution in [2.45, 2.75) is 11.2 Å². The lowest BCUT2D eigenvalue weighted by Crippen LogP contribution is -2.34. The number of nitrogens with one attached hydrogen (secondary N) is 1. The third kappa shape index (κ3) is 4.05. The zero-order chi connectivity index (χ0) is 20.5. The lowest BCUT2D eigenvalue weighted by molar-refractivity contribution is 0.0938. The van der Waals surface area contributed by atoms with Gasteiger partial charge in [0.15, 0.2) is 5.69 Å². The van der Waals surface area contributed by atoms with E-state index in [-0.39, 0.29) is 29.3 Å². The van der Waals surface area contributed by atoms with Crippen LogP contribution in [0.1, 0.15) is 22.1 Å². The van der Waals surface area contributed by atoms with Crippen LogP contribution in [-0.4, -0.2) is 55.5 Å². The van der Waals surface area contributed by atoms with Gasteiger partial charge in [0, 0.05) is 19.0 Å². The molecule has 0 saturated heterocycles. The summed E-state index contributed by atoms with van der Waals surface area (Å²) in [5.41, 5.74) is 1.14. The SMILES string of the molecule is CN(C)C(CNC(=O)c1nc(S(C)(=O)=O)n2ccccc12)c1cccc(F)c1. The molecule has 0 spiro atoms. The molecule has 1 N–H and O–H groups in total. The topological polar surface area (TPSA) is 83.8 Å². The Labute approximate surface area is 162 Å². The minimum atomic E-state index is -3.61. The first kappa shape index (κ1) is 20.0. The van der Waals surface area contributed by atoms with Crippen molar-refractivity contribution in [1.29, 1.82) is 0 Å². The smallest absolute Gasteiger partial charge is 0.272 e. The second-order valence-corrected chi connectivity index (χ2v) is 8.62. The Morgan fingerprint density at radius 3 is 2.64 bits per heavy atom. The summed E-state index contributed by atoms with van der Waals surface area (Å²) in [5.74, 6) is -0.851. The predicted octanol–water partition coefficient (Wildman–Crippen LogP) is 1.91. The molecule has 28 heavy (non-hydrogen) atoms. The van der Waals surface area contributed by atoms with Gasteiger partial charge in [0.2, 0.25) is 15.0 Å². The van der Waals surface area contributed by atoms with Crippen LogP contribution in [0, 0.1) is 5.82 Å². The average molecular weight is 404 g/mol. The number of rotatable bonds is 6. The summed E-state index contributed by atoms with van der Waals surface area (Å²) >= 11 is 0. The van der Waals surface area contributed by atoms with Gasteiger partial charge < -0.3 is 10.2 Å². The van der Waals surface area contributed by atoms with Gasteiger partial charge >= 0.3 is 0 Å². The van der Waals surface area contributed by atoms with Crippen molar-refractivity contribution in [2.75, 3.05) is 26.9 Å². The highest BCUT2D eigenvalue weighted by molar-refractivity contribution is 7.90. The minimum absolute atomic E-state index is 0.0257. The average Bonchev–Trinajstić information content (AvgIpc) is 3.01. The van der Waals surface area contributed by atoms with Gasteiger partial charge in [-0.1, -0.05) is 18.2 Å². The summed E-state index contributed by atoms with van der Waals surface area (Å²) in [6.45, 7) is 0.204. The molecule has 148 valence electrons. The van der Waals surface area contributed by atoms with E-state index in [1.54, 1.807) is 36.5 Å². The molecule has 0 fully saturated rings. The summed E-state index contributed by atoms with van der Waals surface area (Å²) in [7, 11) is 0.0451. The normalized spacial score (nSPS) is 13.0. The van der Waals surface area contributed by atoms with E-state index in [4.69, 9.17) is 0 Å². The number of halogens is 1. The minimum Gasteiger partial charge on any atom is -0.349 e. The number of nitrogens with zero attached hydrogens (tertiary/aromatic N) is 3. The molecule has 0 saturated carbocycles. The van der Waals surface area contributed by atoms with Crippen LogP contribution in [-0.2, 0) is 9.84 Å². The lowest BCUT2D eigenvalue weighted by Gasteiger charge is -2.25. The van der Waals surface area contributed by atoms with Gasteiger partial charge in [-0.25, -0.2) is 17.8 Å². The Bertz CT molecular complexity index is 1130. The Balaban J connectivity index is 1.89. The van der Waals surface area contributed by atoms with E-state index >= 15 is 0 Å². The van der Waals surface area contributed by atoms with Gasteiger partial charge in [-0.3, -0.25) is 9.20 Å². The van der Waals surface area contributed by atoms with Gasteiger partial charge in [0.05, 0.1) is 11.6 Å². The van der Waals surface area contributed by atoms with Crippen molar-refractivity contribution < 1.29 is 17.6 Å². The van der Waals surface area contributed by atoms with Gasteiger partial charge in [-0.2, -0.15) is 0 Å². The number of hydrogen-bond donors (Lipinski definition) is 1. The second-order valence-electron chi connectivity index (χ2n) is 6.72. The predicted molar refractivity (Wildman–Crippen MR) is 103 cm³/mol. The molecule has 1 unspecified atom stereocenters. The second kappa shape index (κ2) is 7.69. The van der Waals surface area contributed by atoms with Crippen LogP contribution in [0.3, 0.4) is 0 Å². The van der Waals surface area contributed by atoms with Crippen molar-refractivity contribution in [1.82, 2.24) is 19.6 Å². The van der Waals surface area contributed by atoms with Crippen LogP contribution in [0.15, 0.2) is 53.8 Å². The fourth-order valence-corrected chi connectivity index (χ4v) is 3.80. The molecule has 1 atom stereocenters. The molecule has 1 amide bonds. The van der Waals surface area contributed by atoms with Crippen LogP contribution >= 0.6 is 0 Å². The number of amides is 1. The summed E-state index contributed by atoms with van der Waals surface area (Å²) in [6.07, 6.45) is 2.59. The Morgan fingerprint density at radius 1 is 1.25 bits per heavy atom. The van der Waals surface area contributed by atoms with Gasteiger partial charge in [-0.15, -0.1) is 0 Å². The van der Waals surface area contributed by atoms with E-state index in [1.165, 1.54) is 16.5 Å². The molecular formula is C19H21FN4O3S. The molecule has 3 rings (SSSR count). The number of fused-ring (bicyclic) bond motifs is 1. The van der Waals surface area contributed by atoms with E-state index in [0.29, 0.717) is 5.52 Å². The first-order valence-electron chi connectivity index (χ1n) is 8.55. The van der Waals surface area contributed by atoms with E-state index in [9.17, 15) is 17.6 Å². The number of hydrogen-bond acceptors (Lipinski definition) is 5. The molecule has 0 aliphatic heterocycles. The monoisotopic (exact) mass is 404 g/mol. The first-order chi connectivity index (χ1) is 13.2. The zero-order valence-corrected chi connectivity index (χ0v) is 16.6. The maximum atomic E-state index is 13.6. The van der Waals surface area contributed by atoms with Crippen LogP contribution in [0.4, 0.5) is 4.39 Å². The largest absolute Gasteiger partial charge is 0.349 e. The van der Waals surface area contributed by atoms with Crippen LogP contribution in [0.5, 0.6) is 0 Å². The van der Waals surface area contributed by atoms with Gasteiger partial charge in [0.1, 0.15) is 5.82 Å². The van der Waals surface area contributed by atoms with Crippen molar-refractivity contribution >= 4 is 21.3 Å². The Kier molecular flexibility index (Phi) is 5.48. The number of imidazole rings is 1. The van der Waals surface area contributed by atoms with Crippen molar-refractivity contribution in [3.05, 3.63) is 65.7 Å². The van der Waals surface area contributed by atoms with E-state index in [2.05, 4.69) is 10.3 Å². The maximum absolute atomic E-state index is 13.6. The first-order valence-corrected chi connectivity index (χ1v) is 10.4. The lowest BCUT2D eigenvalue weighted by atomic mass is 10.1. The highest BCUT2D eigenvalue weighted by atomic mass is 32.2. The molecule has 2 heterocycles. The van der Waals surface area contributed by atoms with Crippen molar-refractivity contribution in [3.63, 3.8) is 0 Å². The van der Waals surface area contributed by atoms with E-state index in [0.717, 1.165) is 11.8 Å². The van der Waals surface area contributed by atoms with Crippen molar-refractivity contribution in [2.24, 2.45) is 0 Å². The molecule has 3 aromatic rings.